The SMILES string of the molecule is Cc1nc(CNC(=O)NCC2CCC(C)C2)sc1C(=O)O. The van der Waals surface area contributed by atoms with Crippen molar-refractivity contribution in [3.8, 4) is 0 Å². The molecule has 1 saturated carbocycles. The molecule has 0 radical (unpaired) electrons. The molecular formula is C14H21N3O3S. The molecule has 1 aromatic rings. The van der Waals surface area contributed by atoms with Crippen LogP contribution in [-0.2, 0) is 6.54 Å². The van der Waals surface area contributed by atoms with Gasteiger partial charge < -0.3 is 15.7 Å². The lowest BCUT2D eigenvalue weighted by Crippen LogP contribution is -2.37. The Hall–Kier alpha value is -1.63. The van der Waals surface area contributed by atoms with Gasteiger partial charge in [-0.2, -0.15) is 0 Å². The van der Waals surface area contributed by atoms with Crippen LogP contribution >= 0.6 is 11.3 Å². The Labute approximate surface area is 128 Å². The Bertz CT molecular complexity index is 530. The highest BCUT2D eigenvalue weighted by molar-refractivity contribution is 7.13. The van der Waals surface area contributed by atoms with Crippen LogP contribution in [0.15, 0.2) is 0 Å². The molecule has 7 heteroatoms. The lowest BCUT2D eigenvalue weighted by molar-refractivity contribution is 0.0701. The molecule has 6 nitrogen and oxygen atoms in total. The van der Waals surface area contributed by atoms with Crippen LogP contribution in [0.3, 0.4) is 0 Å². The Kier molecular flexibility index (Phi) is 5.17. The standard InChI is InChI=1S/C14H21N3O3S/c1-8-3-4-10(5-8)6-15-14(20)16-7-11-17-9(2)12(21-11)13(18)19/h8,10H,3-7H2,1-2H3,(H,18,19)(H2,15,16,20). The maximum atomic E-state index is 11.7. The van der Waals surface area contributed by atoms with E-state index < -0.39 is 5.97 Å². The first-order chi connectivity index (χ1) is 9.95. The van der Waals surface area contributed by atoms with Gasteiger partial charge in [0.2, 0.25) is 0 Å². The fourth-order valence-corrected chi connectivity index (χ4v) is 3.54. The van der Waals surface area contributed by atoms with Crippen LogP contribution in [0.4, 0.5) is 4.79 Å². The average molecular weight is 311 g/mol. The third kappa shape index (κ3) is 4.42. The second-order valence-corrected chi connectivity index (χ2v) is 6.76. The minimum absolute atomic E-state index is 0.223. The second-order valence-electron chi connectivity index (χ2n) is 5.68. The van der Waals surface area contributed by atoms with Crippen molar-refractivity contribution in [1.82, 2.24) is 15.6 Å². The number of thiazole rings is 1. The number of carbonyl (C=O) groups excluding carboxylic acids is 1. The Morgan fingerprint density at radius 3 is 2.71 bits per heavy atom. The van der Waals surface area contributed by atoms with Crippen LogP contribution < -0.4 is 10.6 Å². The number of hydrogen-bond donors (Lipinski definition) is 3. The van der Waals surface area contributed by atoms with Crippen LogP contribution in [0.2, 0.25) is 0 Å². The molecule has 1 aliphatic rings. The van der Waals surface area contributed by atoms with E-state index in [1.54, 1.807) is 6.92 Å². The summed E-state index contributed by atoms with van der Waals surface area (Å²) >= 11 is 1.10. The topological polar surface area (TPSA) is 91.3 Å². The van der Waals surface area contributed by atoms with Gasteiger partial charge in [-0.15, -0.1) is 11.3 Å². The maximum Gasteiger partial charge on any atom is 0.347 e. The molecule has 2 amide bonds. The molecule has 3 N–H and O–H groups in total. The molecule has 2 atom stereocenters. The molecule has 0 aliphatic heterocycles. The second kappa shape index (κ2) is 6.89. The van der Waals surface area contributed by atoms with E-state index in [0.29, 0.717) is 23.2 Å². The van der Waals surface area contributed by atoms with Gasteiger partial charge in [-0.05, 0) is 31.6 Å². The summed E-state index contributed by atoms with van der Waals surface area (Å²) in [5.41, 5.74) is 0.490. The van der Waals surface area contributed by atoms with E-state index in [-0.39, 0.29) is 17.5 Å². The summed E-state index contributed by atoms with van der Waals surface area (Å²) in [6.45, 7) is 4.86. The van der Waals surface area contributed by atoms with Crippen LogP contribution in [0.1, 0.15) is 46.6 Å². The smallest absolute Gasteiger partial charge is 0.347 e. The fraction of sp³-hybridized carbons (Fsp3) is 0.643. The van der Waals surface area contributed by atoms with Crippen molar-refractivity contribution in [3.05, 3.63) is 15.6 Å². The molecule has 21 heavy (non-hydrogen) atoms. The predicted octanol–water partition coefficient (Wildman–Crippen LogP) is 2.39. The fourth-order valence-electron chi connectivity index (χ4n) is 2.69. The number of carboxylic acid groups (broad SMARTS) is 1. The molecule has 1 aromatic heterocycles. The van der Waals surface area contributed by atoms with E-state index in [4.69, 9.17) is 5.11 Å². The highest BCUT2D eigenvalue weighted by Crippen LogP contribution is 2.29. The number of carbonyl (C=O) groups is 2. The third-order valence-corrected chi connectivity index (χ3v) is 4.94. The number of nitrogens with zero attached hydrogens (tertiary/aromatic N) is 1. The van der Waals surface area contributed by atoms with Crippen molar-refractivity contribution in [3.63, 3.8) is 0 Å². The number of rotatable bonds is 5. The van der Waals surface area contributed by atoms with Crippen molar-refractivity contribution >= 4 is 23.3 Å². The van der Waals surface area contributed by atoms with Crippen molar-refractivity contribution in [2.45, 2.75) is 39.7 Å². The first-order valence-corrected chi connectivity index (χ1v) is 7.98. The molecule has 0 spiro atoms. The Balaban J connectivity index is 1.73. The number of carboxylic acids is 1. The normalized spacial score (nSPS) is 21.2. The number of amides is 2. The molecule has 2 unspecified atom stereocenters. The lowest BCUT2D eigenvalue weighted by atomic mass is 10.1. The van der Waals surface area contributed by atoms with Crippen LogP contribution in [0, 0.1) is 18.8 Å². The van der Waals surface area contributed by atoms with E-state index in [0.717, 1.165) is 17.3 Å². The van der Waals surface area contributed by atoms with E-state index in [1.807, 2.05) is 0 Å². The predicted molar refractivity (Wildman–Crippen MR) is 80.6 cm³/mol. The van der Waals surface area contributed by atoms with Gasteiger partial charge in [-0.25, -0.2) is 14.6 Å². The Morgan fingerprint density at radius 1 is 1.38 bits per heavy atom. The van der Waals surface area contributed by atoms with Crippen molar-refractivity contribution in [1.29, 1.82) is 0 Å². The zero-order chi connectivity index (χ0) is 15.4. The number of aromatic nitrogens is 1. The molecule has 2 rings (SSSR count). The summed E-state index contributed by atoms with van der Waals surface area (Å²) in [5, 5.41) is 15.1. The Morgan fingerprint density at radius 2 is 2.14 bits per heavy atom. The zero-order valence-corrected chi connectivity index (χ0v) is 13.1. The minimum atomic E-state index is -0.976. The monoisotopic (exact) mass is 311 g/mol. The van der Waals surface area contributed by atoms with Gasteiger partial charge in [0.1, 0.15) is 9.88 Å². The van der Waals surface area contributed by atoms with Gasteiger partial charge in [-0.1, -0.05) is 13.3 Å². The van der Waals surface area contributed by atoms with Gasteiger partial charge in [0.15, 0.2) is 0 Å². The molecule has 116 valence electrons. The molecular weight excluding hydrogens is 290 g/mol. The van der Waals surface area contributed by atoms with Crippen LogP contribution in [-0.4, -0.2) is 28.6 Å². The summed E-state index contributed by atoms with van der Waals surface area (Å²) in [4.78, 5) is 27.0. The number of aromatic carboxylic acids is 1. The van der Waals surface area contributed by atoms with Crippen LogP contribution in [0.5, 0.6) is 0 Å². The maximum absolute atomic E-state index is 11.7. The van der Waals surface area contributed by atoms with E-state index in [9.17, 15) is 9.59 Å². The summed E-state index contributed by atoms with van der Waals surface area (Å²) in [6, 6.07) is -0.223. The van der Waals surface area contributed by atoms with Gasteiger partial charge in [0.05, 0.1) is 12.2 Å². The van der Waals surface area contributed by atoms with Gasteiger partial charge >= 0.3 is 12.0 Å². The van der Waals surface area contributed by atoms with Gasteiger partial charge in [-0.3, -0.25) is 0 Å². The largest absolute Gasteiger partial charge is 0.477 e. The van der Waals surface area contributed by atoms with Crippen molar-refractivity contribution < 1.29 is 14.7 Å². The van der Waals surface area contributed by atoms with Gasteiger partial charge in [0.25, 0.3) is 0 Å². The molecule has 1 aliphatic carbocycles. The molecule has 1 heterocycles. The van der Waals surface area contributed by atoms with Crippen LogP contribution in [0.25, 0.3) is 0 Å². The molecule has 0 aromatic carbocycles. The number of hydrogen-bond acceptors (Lipinski definition) is 4. The first-order valence-electron chi connectivity index (χ1n) is 7.17. The summed E-state index contributed by atoms with van der Waals surface area (Å²) in [5.74, 6) is 0.357. The van der Waals surface area contributed by atoms with Crippen molar-refractivity contribution in [2.75, 3.05) is 6.54 Å². The molecule has 0 saturated heterocycles. The summed E-state index contributed by atoms with van der Waals surface area (Å²) in [7, 11) is 0. The quantitative estimate of drug-likeness (QED) is 0.778. The van der Waals surface area contributed by atoms with E-state index >= 15 is 0 Å². The molecule has 1 fully saturated rings. The average Bonchev–Trinajstić information content (AvgIpc) is 3.00. The third-order valence-electron chi connectivity index (χ3n) is 3.79. The molecule has 0 bridgehead atoms. The number of urea groups is 1. The highest BCUT2D eigenvalue weighted by atomic mass is 32.1. The zero-order valence-electron chi connectivity index (χ0n) is 12.3. The summed E-state index contributed by atoms with van der Waals surface area (Å²) in [6.07, 6.45) is 3.59. The first kappa shape index (κ1) is 15.8. The lowest BCUT2D eigenvalue weighted by Gasteiger charge is -2.11. The summed E-state index contributed by atoms with van der Waals surface area (Å²) < 4.78 is 0. The number of aryl methyl sites for hydroxylation is 1. The van der Waals surface area contributed by atoms with Crippen molar-refractivity contribution in [2.24, 2.45) is 11.8 Å². The van der Waals surface area contributed by atoms with E-state index in [1.165, 1.54) is 19.3 Å². The van der Waals surface area contributed by atoms with Gasteiger partial charge in [0, 0.05) is 6.54 Å². The highest BCUT2D eigenvalue weighted by Gasteiger charge is 2.21. The minimum Gasteiger partial charge on any atom is -0.477 e. The number of nitrogens with one attached hydrogen (secondary N) is 2. The van der Waals surface area contributed by atoms with E-state index in [2.05, 4.69) is 22.5 Å².